The number of carbonyl (C=O) groups is 2. The van der Waals surface area contributed by atoms with Crippen LogP contribution in [-0.4, -0.2) is 47.1 Å². The van der Waals surface area contributed by atoms with Crippen molar-refractivity contribution in [2.75, 3.05) is 25.5 Å². The van der Waals surface area contributed by atoms with Gasteiger partial charge in [0.1, 0.15) is 5.69 Å². The number of amides is 1. The number of carbonyl (C=O) groups excluding carboxylic acids is 2. The van der Waals surface area contributed by atoms with Crippen molar-refractivity contribution in [3.05, 3.63) is 75.7 Å². The van der Waals surface area contributed by atoms with Crippen LogP contribution < -0.4 is 4.90 Å². The molecule has 2 aromatic rings. The number of non-ortho nitro benzene ring substituents is 1. The number of pyridine rings is 1. The molecule has 0 radical (unpaired) electrons. The number of anilines is 1. The lowest BCUT2D eigenvalue weighted by molar-refractivity contribution is -0.384. The summed E-state index contributed by atoms with van der Waals surface area (Å²) in [5.41, 5.74) is 1.45. The average Bonchev–Trinajstić information content (AvgIpc) is 2.79. The number of aromatic nitrogens is 1. The van der Waals surface area contributed by atoms with Gasteiger partial charge < -0.3 is 9.80 Å². The fraction of sp³-hybridized carbons (Fsp3) is 0.211. The van der Waals surface area contributed by atoms with Crippen LogP contribution in [-0.2, 0) is 0 Å². The minimum atomic E-state index is -0.517. The molecule has 0 N–H and O–H groups in total. The van der Waals surface area contributed by atoms with Crippen LogP contribution in [0.5, 0.6) is 0 Å². The molecule has 0 spiro atoms. The summed E-state index contributed by atoms with van der Waals surface area (Å²) in [4.78, 5) is 43.6. The van der Waals surface area contributed by atoms with E-state index in [2.05, 4.69) is 4.98 Å². The van der Waals surface area contributed by atoms with Crippen molar-refractivity contribution < 1.29 is 14.5 Å². The molecule has 0 atom stereocenters. The van der Waals surface area contributed by atoms with Crippen LogP contribution in [0.4, 0.5) is 11.4 Å². The number of nitro groups is 1. The number of hydrogen-bond donors (Lipinski definition) is 0. The van der Waals surface area contributed by atoms with Gasteiger partial charge in [0, 0.05) is 56.3 Å². The van der Waals surface area contributed by atoms with Crippen LogP contribution in [0.3, 0.4) is 0 Å². The summed E-state index contributed by atoms with van der Waals surface area (Å²) in [5, 5.41) is 10.8. The first-order valence-corrected chi connectivity index (χ1v) is 8.31. The van der Waals surface area contributed by atoms with Gasteiger partial charge in [-0.15, -0.1) is 0 Å². The SMILES string of the molecule is CN(C)/C=C1\CCN(C(=O)c2ccc([N+](=O)[O-])cc2)c2cccnc2C1=O. The first-order chi connectivity index (χ1) is 12.9. The largest absolute Gasteiger partial charge is 0.383 e. The van der Waals surface area contributed by atoms with Gasteiger partial charge in [-0.3, -0.25) is 24.7 Å². The summed E-state index contributed by atoms with van der Waals surface area (Å²) < 4.78 is 0. The molecule has 8 nitrogen and oxygen atoms in total. The average molecular weight is 366 g/mol. The van der Waals surface area contributed by atoms with Crippen LogP contribution in [0.2, 0.25) is 0 Å². The summed E-state index contributed by atoms with van der Waals surface area (Å²) in [5.74, 6) is -0.545. The van der Waals surface area contributed by atoms with E-state index in [4.69, 9.17) is 0 Å². The van der Waals surface area contributed by atoms with Gasteiger partial charge in [-0.1, -0.05) is 0 Å². The molecule has 27 heavy (non-hydrogen) atoms. The second kappa shape index (κ2) is 7.36. The smallest absolute Gasteiger partial charge is 0.269 e. The number of benzene rings is 1. The first-order valence-electron chi connectivity index (χ1n) is 8.31. The van der Waals surface area contributed by atoms with Gasteiger partial charge in [-0.25, -0.2) is 0 Å². The minimum absolute atomic E-state index is 0.0872. The lowest BCUT2D eigenvalue weighted by Gasteiger charge is -2.21. The van der Waals surface area contributed by atoms with Crippen molar-refractivity contribution in [3.63, 3.8) is 0 Å². The van der Waals surface area contributed by atoms with Gasteiger partial charge in [0.05, 0.1) is 10.6 Å². The van der Waals surface area contributed by atoms with Crippen molar-refractivity contribution >= 4 is 23.1 Å². The fourth-order valence-corrected chi connectivity index (χ4v) is 2.94. The monoisotopic (exact) mass is 366 g/mol. The molecule has 1 aliphatic rings. The van der Waals surface area contributed by atoms with Gasteiger partial charge >= 0.3 is 0 Å². The zero-order valence-corrected chi connectivity index (χ0v) is 15.0. The number of hydrogen-bond acceptors (Lipinski definition) is 6. The molecule has 138 valence electrons. The summed E-state index contributed by atoms with van der Waals surface area (Å²) in [7, 11) is 3.65. The summed E-state index contributed by atoms with van der Waals surface area (Å²) in [6, 6.07) is 8.76. The Kier molecular flexibility index (Phi) is 4.98. The Balaban J connectivity index is 2.00. The zero-order valence-electron chi connectivity index (χ0n) is 15.0. The van der Waals surface area contributed by atoms with E-state index < -0.39 is 4.92 Å². The van der Waals surface area contributed by atoms with Crippen LogP contribution in [0, 0.1) is 10.1 Å². The second-order valence-electron chi connectivity index (χ2n) is 6.33. The normalized spacial score (nSPS) is 15.3. The molecule has 0 saturated heterocycles. The molecule has 0 fully saturated rings. The van der Waals surface area contributed by atoms with Crippen molar-refractivity contribution in [1.29, 1.82) is 0 Å². The van der Waals surface area contributed by atoms with Crippen molar-refractivity contribution in [2.24, 2.45) is 0 Å². The topological polar surface area (TPSA) is 96.7 Å². The van der Waals surface area contributed by atoms with Crippen LogP contribution in [0.15, 0.2) is 54.4 Å². The van der Waals surface area contributed by atoms with Gasteiger partial charge in [-0.2, -0.15) is 0 Å². The number of rotatable bonds is 3. The third kappa shape index (κ3) is 3.69. The van der Waals surface area contributed by atoms with E-state index >= 15 is 0 Å². The van der Waals surface area contributed by atoms with E-state index in [1.54, 1.807) is 23.2 Å². The molecule has 8 heteroatoms. The zero-order chi connectivity index (χ0) is 19.6. The van der Waals surface area contributed by atoms with Gasteiger partial charge in [0.15, 0.2) is 0 Å². The molecule has 1 amide bonds. The molecular formula is C19H18N4O4. The Morgan fingerprint density at radius 2 is 1.96 bits per heavy atom. The molecule has 0 aliphatic carbocycles. The third-order valence-corrected chi connectivity index (χ3v) is 4.17. The molecule has 0 unspecified atom stereocenters. The maximum Gasteiger partial charge on any atom is 0.269 e. The van der Waals surface area contributed by atoms with E-state index in [1.807, 2.05) is 14.1 Å². The second-order valence-corrected chi connectivity index (χ2v) is 6.33. The fourth-order valence-electron chi connectivity index (χ4n) is 2.94. The Labute approximate surface area is 155 Å². The number of nitrogens with zero attached hydrogens (tertiary/aromatic N) is 4. The lowest BCUT2D eigenvalue weighted by atomic mass is 10.1. The predicted octanol–water partition coefficient (Wildman–Crippen LogP) is 2.67. The minimum Gasteiger partial charge on any atom is -0.383 e. The van der Waals surface area contributed by atoms with E-state index in [1.165, 1.54) is 35.4 Å². The number of ketones is 1. The van der Waals surface area contributed by atoms with Crippen LogP contribution in [0.1, 0.15) is 27.3 Å². The summed E-state index contributed by atoms with van der Waals surface area (Å²) in [6.45, 7) is 0.305. The van der Waals surface area contributed by atoms with E-state index in [0.717, 1.165) is 0 Å². The van der Waals surface area contributed by atoms with Crippen molar-refractivity contribution in [3.8, 4) is 0 Å². The number of fused-ring (bicyclic) bond motifs is 1. The highest BCUT2D eigenvalue weighted by atomic mass is 16.6. The Bertz CT molecular complexity index is 935. The van der Waals surface area contributed by atoms with Crippen LogP contribution in [0.25, 0.3) is 0 Å². The Morgan fingerprint density at radius 1 is 1.26 bits per heavy atom. The standard InChI is InChI=1S/C19H18N4O4/c1-21(2)12-14-9-11-22(16-4-3-10-20-17(16)18(14)24)19(25)13-5-7-15(8-6-13)23(26)27/h3-8,10,12H,9,11H2,1-2H3/b14-12+. The van der Waals surface area contributed by atoms with Gasteiger partial charge in [-0.05, 0) is 30.7 Å². The highest BCUT2D eigenvalue weighted by molar-refractivity contribution is 6.16. The maximum absolute atomic E-state index is 13.0. The molecule has 3 rings (SSSR count). The highest BCUT2D eigenvalue weighted by Gasteiger charge is 2.29. The Morgan fingerprint density at radius 3 is 2.59 bits per heavy atom. The van der Waals surface area contributed by atoms with Crippen LogP contribution >= 0.6 is 0 Å². The van der Waals surface area contributed by atoms with E-state index in [-0.39, 0.29) is 23.1 Å². The first kappa shape index (κ1) is 18.2. The molecule has 1 aromatic carbocycles. The predicted molar refractivity (Wildman–Crippen MR) is 99.7 cm³/mol. The Hall–Kier alpha value is -3.55. The van der Waals surface area contributed by atoms with Crippen molar-refractivity contribution in [1.82, 2.24) is 9.88 Å². The third-order valence-electron chi connectivity index (χ3n) is 4.17. The molecule has 1 aliphatic heterocycles. The number of Topliss-reactive ketones (excluding diaryl/α,β-unsaturated/α-hetero) is 1. The maximum atomic E-state index is 13.0. The number of nitro benzene ring substituents is 1. The molecular weight excluding hydrogens is 348 g/mol. The molecule has 0 bridgehead atoms. The van der Waals surface area contributed by atoms with E-state index in [9.17, 15) is 19.7 Å². The van der Waals surface area contributed by atoms with Gasteiger partial charge in [0.25, 0.3) is 11.6 Å². The molecule has 1 aromatic heterocycles. The quantitative estimate of drug-likeness (QED) is 0.471. The van der Waals surface area contributed by atoms with E-state index in [0.29, 0.717) is 29.8 Å². The molecule has 2 heterocycles. The lowest BCUT2D eigenvalue weighted by Crippen LogP contribution is -2.32. The van der Waals surface area contributed by atoms with Crippen molar-refractivity contribution in [2.45, 2.75) is 6.42 Å². The molecule has 0 saturated carbocycles. The van der Waals surface area contributed by atoms with Gasteiger partial charge in [0.2, 0.25) is 5.78 Å². The summed E-state index contributed by atoms with van der Waals surface area (Å²) >= 11 is 0. The summed E-state index contributed by atoms with van der Waals surface area (Å²) in [6.07, 6.45) is 3.64. The highest BCUT2D eigenvalue weighted by Crippen LogP contribution is 2.28.